The summed E-state index contributed by atoms with van der Waals surface area (Å²) in [4.78, 5) is 30.0. The molecule has 0 unspecified atom stereocenters. The SMILES string of the molecule is COc1ccc2c(c1)n(CC1CCC(C(=O)N3CCN(C)CC3)CC1)c(=O)n2C. The summed E-state index contributed by atoms with van der Waals surface area (Å²) in [5.41, 5.74) is 1.87. The lowest BCUT2D eigenvalue weighted by Crippen LogP contribution is -2.49. The number of carbonyl (C=O) groups excluding carboxylic acids is 1. The Balaban J connectivity index is 1.42. The maximum absolute atomic E-state index is 12.9. The van der Waals surface area contributed by atoms with Crippen molar-refractivity contribution >= 4 is 16.9 Å². The van der Waals surface area contributed by atoms with Gasteiger partial charge < -0.3 is 14.5 Å². The predicted octanol–water partition coefficient (Wildman–Crippen LogP) is 1.93. The Kier molecular flexibility index (Phi) is 5.67. The molecule has 4 rings (SSSR count). The molecule has 1 aliphatic heterocycles. The monoisotopic (exact) mass is 400 g/mol. The van der Waals surface area contributed by atoms with Crippen LogP contribution in [0.3, 0.4) is 0 Å². The van der Waals surface area contributed by atoms with Crippen LogP contribution >= 0.6 is 0 Å². The smallest absolute Gasteiger partial charge is 0.328 e. The molecule has 1 aliphatic carbocycles. The second kappa shape index (κ2) is 8.22. The molecule has 1 aromatic carbocycles. The number of aryl methyl sites for hydroxylation is 1. The van der Waals surface area contributed by atoms with Gasteiger partial charge in [-0.2, -0.15) is 0 Å². The number of methoxy groups -OCH3 is 1. The number of hydrogen-bond donors (Lipinski definition) is 0. The molecule has 1 saturated carbocycles. The highest BCUT2D eigenvalue weighted by atomic mass is 16.5. The number of piperazine rings is 1. The average molecular weight is 401 g/mol. The summed E-state index contributed by atoms with van der Waals surface area (Å²) in [6.45, 7) is 4.34. The molecule has 1 amide bonds. The minimum absolute atomic E-state index is 0.0175. The second-order valence-electron chi connectivity index (χ2n) is 8.65. The highest BCUT2D eigenvalue weighted by Crippen LogP contribution is 2.32. The predicted molar refractivity (Wildman–Crippen MR) is 113 cm³/mol. The van der Waals surface area contributed by atoms with Gasteiger partial charge in [0.15, 0.2) is 0 Å². The normalized spacial score (nSPS) is 23.5. The number of carbonyl (C=O) groups is 1. The summed E-state index contributed by atoms with van der Waals surface area (Å²) < 4.78 is 8.94. The van der Waals surface area contributed by atoms with E-state index in [4.69, 9.17) is 4.74 Å². The molecule has 2 aromatic rings. The van der Waals surface area contributed by atoms with E-state index in [-0.39, 0.29) is 11.6 Å². The Labute approximate surface area is 171 Å². The van der Waals surface area contributed by atoms with Crippen molar-refractivity contribution in [2.45, 2.75) is 32.2 Å². The molecular formula is C22H32N4O3. The third kappa shape index (κ3) is 3.92. The van der Waals surface area contributed by atoms with E-state index in [1.54, 1.807) is 11.7 Å². The fourth-order valence-corrected chi connectivity index (χ4v) is 4.83. The Bertz CT molecular complexity index is 931. The van der Waals surface area contributed by atoms with Crippen molar-refractivity contribution in [3.63, 3.8) is 0 Å². The lowest BCUT2D eigenvalue weighted by atomic mass is 9.81. The van der Waals surface area contributed by atoms with Crippen molar-refractivity contribution < 1.29 is 9.53 Å². The van der Waals surface area contributed by atoms with Crippen molar-refractivity contribution in [3.05, 3.63) is 28.7 Å². The largest absolute Gasteiger partial charge is 0.497 e. The van der Waals surface area contributed by atoms with Crippen LogP contribution in [0.25, 0.3) is 11.0 Å². The number of rotatable bonds is 4. The summed E-state index contributed by atoms with van der Waals surface area (Å²) in [5.74, 6) is 1.68. The molecule has 158 valence electrons. The molecule has 0 spiro atoms. The van der Waals surface area contributed by atoms with Gasteiger partial charge in [0.1, 0.15) is 5.75 Å². The number of ether oxygens (including phenoxy) is 1. The molecule has 0 radical (unpaired) electrons. The molecule has 2 aliphatic rings. The van der Waals surface area contributed by atoms with Gasteiger partial charge >= 0.3 is 5.69 Å². The van der Waals surface area contributed by atoms with E-state index in [0.717, 1.165) is 68.6 Å². The van der Waals surface area contributed by atoms with E-state index in [1.807, 2.05) is 34.7 Å². The number of nitrogens with zero attached hydrogens (tertiary/aromatic N) is 4. The van der Waals surface area contributed by atoms with Crippen LogP contribution in [0.5, 0.6) is 5.75 Å². The molecule has 7 nitrogen and oxygen atoms in total. The van der Waals surface area contributed by atoms with Crippen LogP contribution in [0.1, 0.15) is 25.7 Å². The first-order valence-electron chi connectivity index (χ1n) is 10.7. The van der Waals surface area contributed by atoms with Gasteiger partial charge in [0, 0.05) is 51.8 Å². The van der Waals surface area contributed by atoms with Crippen molar-refractivity contribution in [2.24, 2.45) is 18.9 Å². The summed E-state index contributed by atoms with van der Waals surface area (Å²) >= 11 is 0. The van der Waals surface area contributed by atoms with Crippen LogP contribution in [0, 0.1) is 11.8 Å². The molecule has 7 heteroatoms. The van der Waals surface area contributed by atoms with E-state index < -0.39 is 0 Å². The molecule has 1 aromatic heterocycles. The van der Waals surface area contributed by atoms with Crippen LogP contribution in [-0.4, -0.2) is 65.2 Å². The van der Waals surface area contributed by atoms with Crippen molar-refractivity contribution in [2.75, 3.05) is 40.3 Å². The van der Waals surface area contributed by atoms with Gasteiger partial charge in [-0.05, 0) is 50.8 Å². The van der Waals surface area contributed by atoms with Crippen LogP contribution < -0.4 is 10.4 Å². The highest BCUT2D eigenvalue weighted by Gasteiger charge is 2.31. The first-order chi connectivity index (χ1) is 14.0. The zero-order valence-corrected chi connectivity index (χ0v) is 17.8. The minimum atomic E-state index is 0.0175. The Morgan fingerprint density at radius 2 is 1.72 bits per heavy atom. The van der Waals surface area contributed by atoms with Crippen LogP contribution in [-0.2, 0) is 18.4 Å². The number of amides is 1. The zero-order valence-electron chi connectivity index (χ0n) is 17.8. The van der Waals surface area contributed by atoms with Crippen molar-refractivity contribution in [3.8, 4) is 5.75 Å². The summed E-state index contributed by atoms with van der Waals surface area (Å²) in [7, 11) is 5.57. The first-order valence-corrected chi connectivity index (χ1v) is 10.7. The molecule has 1 saturated heterocycles. The topological polar surface area (TPSA) is 59.7 Å². The Morgan fingerprint density at radius 3 is 2.38 bits per heavy atom. The van der Waals surface area contributed by atoms with Crippen LogP contribution in [0.4, 0.5) is 0 Å². The number of likely N-dealkylation sites (N-methyl/N-ethyl adjacent to an activating group) is 1. The Hall–Kier alpha value is -2.28. The molecule has 0 N–H and O–H groups in total. The fourth-order valence-electron chi connectivity index (χ4n) is 4.83. The molecule has 2 fully saturated rings. The second-order valence-corrected chi connectivity index (χ2v) is 8.65. The lowest BCUT2D eigenvalue weighted by Gasteiger charge is -2.36. The Morgan fingerprint density at radius 1 is 1.03 bits per heavy atom. The van der Waals surface area contributed by atoms with E-state index in [0.29, 0.717) is 18.4 Å². The van der Waals surface area contributed by atoms with Crippen molar-refractivity contribution in [1.82, 2.24) is 18.9 Å². The zero-order chi connectivity index (χ0) is 20.5. The number of hydrogen-bond acceptors (Lipinski definition) is 4. The van der Waals surface area contributed by atoms with Gasteiger partial charge in [-0.3, -0.25) is 13.9 Å². The van der Waals surface area contributed by atoms with Gasteiger partial charge in [0.2, 0.25) is 5.91 Å². The lowest BCUT2D eigenvalue weighted by molar-refractivity contribution is -0.138. The molecule has 2 heterocycles. The minimum Gasteiger partial charge on any atom is -0.497 e. The van der Waals surface area contributed by atoms with E-state index in [2.05, 4.69) is 11.9 Å². The molecule has 0 atom stereocenters. The third-order valence-corrected chi connectivity index (χ3v) is 6.80. The van der Waals surface area contributed by atoms with Crippen LogP contribution in [0.15, 0.2) is 23.0 Å². The number of aromatic nitrogens is 2. The van der Waals surface area contributed by atoms with Gasteiger partial charge in [0.05, 0.1) is 18.1 Å². The number of fused-ring (bicyclic) bond motifs is 1. The van der Waals surface area contributed by atoms with E-state index in [1.165, 1.54) is 0 Å². The quantitative estimate of drug-likeness (QED) is 0.787. The maximum Gasteiger partial charge on any atom is 0.328 e. The number of benzene rings is 1. The van der Waals surface area contributed by atoms with Gasteiger partial charge in [-0.25, -0.2) is 4.79 Å². The highest BCUT2D eigenvalue weighted by molar-refractivity contribution is 5.79. The maximum atomic E-state index is 12.9. The average Bonchev–Trinajstić information content (AvgIpc) is 2.98. The molecular weight excluding hydrogens is 368 g/mol. The van der Waals surface area contributed by atoms with Crippen LogP contribution in [0.2, 0.25) is 0 Å². The standard InChI is InChI=1S/C22H32N4O3/c1-23-10-12-25(13-11-23)21(27)17-6-4-16(5-7-17)15-26-20-14-18(29-3)8-9-19(20)24(2)22(26)28/h8-9,14,16-17H,4-7,10-13,15H2,1-3H3. The van der Waals surface area contributed by atoms with Gasteiger partial charge in [0.25, 0.3) is 0 Å². The third-order valence-electron chi connectivity index (χ3n) is 6.80. The summed E-state index contributed by atoms with van der Waals surface area (Å²) in [6, 6.07) is 5.78. The van der Waals surface area contributed by atoms with Gasteiger partial charge in [-0.1, -0.05) is 0 Å². The summed E-state index contributed by atoms with van der Waals surface area (Å²) in [6.07, 6.45) is 3.85. The first kappa shape index (κ1) is 20.0. The molecule has 29 heavy (non-hydrogen) atoms. The number of imidazole rings is 1. The van der Waals surface area contributed by atoms with E-state index in [9.17, 15) is 9.59 Å². The van der Waals surface area contributed by atoms with E-state index >= 15 is 0 Å². The van der Waals surface area contributed by atoms with Gasteiger partial charge in [-0.15, -0.1) is 0 Å². The summed E-state index contributed by atoms with van der Waals surface area (Å²) in [5, 5.41) is 0. The fraction of sp³-hybridized carbons (Fsp3) is 0.636. The van der Waals surface area contributed by atoms with Crippen molar-refractivity contribution in [1.29, 1.82) is 0 Å². The molecule has 0 bridgehead atoms.